The van der Waals surface area contributed by atoms with E-state index < -0.39 is 64.4 Å². The molecule has 234 valence electrons. The molecule has 12 unspecified atom stereocenters. The highest BCUT2D eigenvalue weighted by molar-refractivity contribution is 5.40. The summed E-state index contributed by atoms with van der Waals surface area (Å²) in [4.78, 5) is 2.35. The Morgan fingerprint density at radius 2 is 1.69 bits per heavy atom. The number of fused-ring (bicyclic) bond motifs is 2. The van der Waals surface area contributed by atoms with Crippen LogP contribution in [0.25, 0.3) is 0 Å². The molecule has 5 aliphatic carbocycles. The molecule has 0 aromatic heterocycles. The first-order valence-corrected chi connectivity index (χ1v) is 15.4. The SMILES string of the molecule is CCN1CC2(COC)C(O)CC(OC)C34C5C[C@@]6(O)C(OCc7ccccc7)C5[C@@](O)(C(C(OC)C23)C14)C(O)[C@@H]6OC. The molecule has 0 radical (unpaired) electrons. The van der Waals surface area contributed by atoms with Gasteiger partial charge in [-0.1, -0.05) is 37.3 Å². The molecule has 0 amide bonds. The second-order valence-electron chi connectivity index (χ2n) is 13.9. The lowest BCUT2D eigenvalue weighted by atomic mass is 9.42. The molecule has 10 heteroatoms. The lowest BCUT2D eigenvalue weighted by Gasteiger charge is -2.70. The molecule has 1 aromatic carbocycles. The Morgan fingerprint density at radius 1 is 0.952 bits per heavy atom. The number of likely N-dealkylation sites (tertiary alicyclic amines) is 1. The molecule has 1 spiro atoms. The van der Waals surface area contributed by atoms with Crippen LogP contribution in [0, 0.1) is 34.5 Å². The maximum absolute atomic E-state index is 13.2. The first-order chi connectivity index (χ1) is 20.2. The topological polar surface area (TPSA) is 130 Å². The van der Waals surface area contributed by atoms with Gasteiger partial charge in [-0.3, -0.25) is 4.90 Å². The van der Waals surface area contributed by atoms with E-state index in [1.807, 2.05) is 30.3 Å². The fourth-order valence-electron chi connectivity index (χ4n) is 12.0. The summed E-state index contributed by atoms with van der Waals surface area (Å²) < 4.78 is 31.1. The van der Waals surface area contributed by atoms with Gasteiger partial charge in [0, 0.05) is 76.0 Å². The van der Waals surface area contributed by atoms with Crippen molar-refractivity contribution in [1.29, 1.82) is 0 Å². The number of hydrogen-bond donors (Lipinski definition) is 4. The Balaban J connectivity index is 1.47. The van der Waals surface area contributed by atoms with Crippen molar-refractivity contribution in [3.63, 3.8) is 0 Å². The molecule has 1 aromatic rings. The monoisotopic (exact) mass is 589 g/mol. The first-order valence-electron chi connectivity index (χ1n) is 15.4. The highest BCUT2D eigenvalue weighted by Crippen LogP contribution is 2.80. The first kappa shape index (κ1) is 29.5. The van der Waals surface area contributed by atoms with Crippen LogP contribution < -0.4 is 0 Å². The van der Waals surface area contributed by atoms with E-state index in [2.05, 4.69) is 11.8 Å². The highest BCUT2D eigenvalue weighted by atomic mass is 16.5. The Bertz CT molecular complexity index is 1170. The molecule has 7 rings (SSSR count). The van der Waals surface area contributed by atoms with Gasteiger partial charge in [0.2, 0.25) is 0 Å². The number of aliphatic hydroxyl groups excluding tert-OH is 2. The van der Waals surface area contributed by atoms with Crippen molar-refractivity contribution in [2.45, 2.75) is 80.2 Å². The largest absolute Gasteiger partial charge is 0.392 e. The Labute approximate surface area is 247 Å². The van der Waals surface area contributed by atoms with E-state index in [0.29, 0.717) is 26.1 Å². The fourth-order valence-corrected chi connectivity index (χ4v) is 12.0. The van der Waals surface area contributed by atoms with Crippen molar-refractivity contribution in [3.05, 3.63) is 35.9 Å². The predicted molar refractivity (Wildman–Crippen MR) is 150 cm³/mol. The van der Waals surface area contributed by atoms with Gasteiger partial charge in [-0.05, 0) is 24.4 Å². The van der Waals surface area contributed by atoms with Crippen LogP contribution in [0.4, 0.5) is 0 Å². The third-order valence-corrected chi connectivity index (χ3v) is 12.9. The van der Waals surface area contributed by atoms with Crippen LogP contribution in [-0.4, -0.2) is 127 Å². The molecule has 5 saturated carbocycles. The highest BCUT2D eigenvalue weighted by Gasteiger charge is 2.90. The van der Waals surface area contributed by atoms with Crippen molar-refractivity contribution in [2.24, 2.45) is 34.5 Å². The molecule has 15 atom stereocenters. The van der Waals surface area contributed by atoms with Gasteiger partial charge in [-0.25, -0.2) is 0 Å². The van der Waals surface area contributed by atoms with Gasteiger partial charge in [0.25, 0.3) is 0 Å². The van der Waals surface area contributed by atoms with Crippen LogP contribution in [-0.2, 0) is 30.3 Å². The number of aliphatic hydroxyl groups is 4. The molecule has 42 heavy (non-hydrogen) atoms. The van der Waals surface area contributed by atoms with Gasteiger partial charge in [0.1, 0.15) is 23.4 Å². The molecule has 4 N–H and O–H groups in total. The van der Waals surface area contributed by atoms with Gasteiger partial charge in [0.15, 0.2) is 0 Å². The number of benzene rings is 1. The molecule has 10 nitrogen and oxygen atoms in total. The predicted octanol–water partition coefficient (Wildman–Crippen LogP) is 0.437. The second kappa shape index (κ2) is 9.91. The van der Waals surface area contributed by atoms with Crippen LogP contribution in [0.2, 0.25) is 0 Å². The van der Waals surface area contributed by atoms with Crippen molar-refractivity contribution in [2.75, 3.05) is 48.1 Å². The average Bonchev–Trinajstić information content (AvgIpc) is 3.38. The van der Waals surface area contributed by atoms with E-state index >= 15 is 0 Å². The Morgan fingerprint density at radius 3 is 2.31 bits per heavy atom. The molecule has 6 fully saturated rings. The quantitative estimate of drug-likeness (QED) is 0.322. The van der Waals surface area contributed by atoms with Gasteiger partial charge in [-0.2, -0.15) is 0 Å². The second-order valence-corrected chi connectivity index (χ2v) is 13.9. The molecular formula is C32H47NO9. The number of piperidine rings is 1. The summed E-state index contributed by atoms with van der Waals surface area (Å²) in [7, 11) is 6.51. The summed E-state index contributed by atoms with van der Waals surface area (Å²) in [5.74, 6) is -1.71. The minimum absolute atomic E-state index is 0.214. The normalized spacial score (nSPS) is 53.9. The third kappa shape index (κ3) is 3.20. The zero-order valence-electron chi connectivity index (χ0n) is 25.3. The van der Waals surface area contributed by atoms with Crippen molar-refractivity contribution < 1.29 is 44.1 Å². The van der Waals surface area contributed by atoms with Gasteiger partial charge >= 0.3 is 0 Å². The van der Waals surface area contributed by atoms with Crippen LogP contribution in [0.15, 0.2) is 30.3 Å². The maximum atomic E-state index is 13.2. The number of methoxy groups -OCH3 is 4. The number of ether oxygens (including phenoxy) is 5. The number of hydrogen-bond acceptors (Lipinski definition) is 10. The lowest BCUT2D eigenvalue weighted by Crippen LogP contribution is -2.81. The summed E-state index contributed by atoms with van der Waals surface area (Å²) in [5, 5.41) is 49.8. The summed E-state index contributed by atoms with van der Waals surface area (Å²) >= 11 is 0. The smallest absolute Gasteiger partial charge is 0.120 e. The zero-order chi connectivity index (χ0) is 29.8. The summed E-state index contributed by atoms with van der Waals surface area (Å²) in [6.45, 7) is 3.93. The van der Waals surface area contributed by atoms with E-state index in [1.54, 1.807) is 21.3 Å². The van der Waals surface area contributed by atoms with Crippen LogP contribution >= 0.6 is 0 Å². The molecule has 7 bridgehead atoms. The van der Waals surface area contributed by atoms with E-state index in [1.165, 1.54) is 7.11 Å². The van der Waals surface area contributed by atoms with Crippen LogP contribution in [0.3, 0.4) is 0 Å². The molecule has 1 aliphatic heterocycles. The van der Waals surface area contributed by atoms with Crippen molar-refractivity contribution in [3.8, 4) is 0 Å². The Hall–Kier alpha value is -1.18. The van der Waals surface area contributed by atoms with Gasteiger partial charge in [0.05, 0.1) is 37.6 Å². The van der Waals surface area contributed by atoms with Gasteiger partial charge < -0.3 is 44.1 Å². The van der Waals surface area contributed by atoms with Crippen molar-refractivity contribution in [1.82, 2.24) is 4.90 Å². The van der Waals surface area contributed by atoms with E-state index in [4.69, 9.17) is 23.7 Å². The van der Waals surface area contributed by atoms with E-state index in [-0.39, 0.29) is 37.0 Å². The fraction of sp³-hybridized carbons (Fsp3) is 0.812. The summed E-state index contributed by atoms with van der Waals surface area (Å²) in [6, 6.07) is 9.57. The number of nitrogens with zero attached hydrogens (tertiary/aromatic N) is 1. The number of rotatable bonds is 9. The molecule has 1 heterocycles. The Kier molecular flexibility index (Phi) is 6.97. The summed E-state index contributed by atoms with van der Waals surface area (Å²) in [5.41, 5.74) is -3.58. The summed E-state index contributed by atoms with van der Waals surface area (Å²) in [6.07, 6.45) is -4.14. The molecule has 6 aliphatic rings. The minimum atomic E-state index is -1.69. The maximum Gasteiger partial charge on any atom is 0.120 e. The van der Waals surface area contributed by atoms with Crippen LogP contribution in [0.5, 0.6) is 0 Å². The molecule has 1 saturated heterocycles. The lowest BCUT2D eigenvalue weighted by molar-refractivity contribution is -0.326. The standard InChI is InChI=1S/C32H47NO9/c1-6-33-15-29(16-38-2)19(34)12-20(39-3)31-18-13-30(36)27(42-14-17-10-8-7-9-11-17)21(18)32(37,26(35)28(30)41-5)22(25(31)33)23(40-4)24(29)31/h7-11,18-28,34-37H,6,12-16H2,1-5H3/t18?,19?,20?,21?,22?,23?,24?,25?,26?,27?,28-,29?,30+,31?,32+/m0/s1. The van der Waals surface area contributed by atoms with E-state index in [9.17, 15) is 20.4 Å². The minimum Gasteiger partial charge on any atom is -0.392 e. The average molecular weight is 590 g/mol. The van der Waals surface area contributed by atoms with Crippen molar-refractivity contribution >= 4 is 0 Å². The van der Waals surface area contributed by atoms with Gasteiger partial charge in [-0.15, -0.1) is 0 Å². The van der Waals surface area contributed by atoms with Crippen LogP contribution in [0.1, 0.15) is 25.3 Å². The third-order valence-electron chi connectivity index (χ3n) is 12.9. The zero-order valence-corrected chi connectivity index (χ0v) is 25.3. The molecular weight excluding hydrogens is 542 g/mol. The van der Waals surface area contributed by atoms with E-state index in [0.717, 1.165) is 5.56 Å².